The van der Waals surface area contributed by atoms with Gasteiger partial charge in [-0.25, -0.2) is 9.78 Å². The summed E-state index contributed by atoms with van der Waals surface area (Å²) in [7, 11) is 1.71. The van der Waals surface area contributed by atoms with Crippen molar-refractivity contribution >= 4 is 23.2 Å². The minimum absolute atomic E-state index is 0.119. The molecule has 0 atom stereocenters. The highest BCUT2D eigenvalue weighted by molar-refractivity contribution is 6.00. The van der Waals surface area contributed by atoms with Crippen LogP contribution in [0.4, 0.5) is 22.0 Å². The van der Waals surface area contributed by atoms with E-state index in [4.69, 9.17) is 9.72 Å². The first-order valence-electron chi connectivity index (χ1n) is 10.6. The second-order valence-electron chi connectivity index (χ2n) is 7.91. The second-order valence-corrected chi connectivity index (χ2v) is 7.91. The summed E-state index contributed by atoms with van der Waals surface area (Å²) in [5.41, 5.74) is 4.23. The Bertz CT molecular complexity index is 1180. The second kappa shape index (κ2) is 9.23. The van der Waals surface area contributed by atoms with E-state index in [1.165, 1.54) is 4.57 Å². The van der Waals surface area contributed by atoms with Crippen LogP contribution >= 0.6 is 0 Å². The molecule has 0 bridgehead atoms. The van der Waals surface area contributed by atoms with Gasteiger partial charge >= 0.3 is 6.03 Å². The summed E-state index contributed by atoms with van der Waals surface area (Å²) in [5.74, 6) is 1.23. The molecular formula is C24H27N5O3. The summed E-state index contributed by atoms with van der Waals surface area (Å²) in [6.07, 6.45) is 0. The molecule has 2 heterocycles. The van der Waals surface area contributed by atoms with E-state index >= 15 is 0 Å². The molecule has 3 aromatic rings. The quantitative estimate of drug-likeness (QED) is 0.657. The topological polar surface area (TPSA) is 88.5 Å². The molecule has 2 N–H and O–H groups in total. The molecule has 1 saturated heterocycles. The molecule has 4 rings (SSSR count). The lowest BCUT2D eigenvalue weighted by atomic mass is 10.1. The van der Waals surface area contributed by atoms with Crippen LogP contribution in [-0.2, 0) is 11.8 Å². The Kier molecular flexibility index (Phi) is 6.23. The third-order valence-corrected chi connectivity index (χ3v) is 5.49. The van der Waals surface area contributed by atoms with E-state index < -0.39 is 0 Å². The fourth-order valence-electron chi connectivity index (χ4n) is 3.68. The number of hydrogen-bond donors (Lipinski definition) is 2. The largest absolute Gasteiger partial charge is 0.378 e. The van der Waals surface area contributed by atoms with E-state index in [-0.39, 0.29) is 11.6 Å². The SMILES string of the molecule is Cc1ccc(NC(=O)Nc2ccc(-c3nc(N4CCOCC4)cc(=O)n3C)cc2)c(C)c1. The first-order valence-corrected chi connectivity index (χ1v) is 10.6. The van der Waals surface area contributed by atoms with Gasteiger partial charge in [0.2, 0.25) is 0 Å². The molecule has 8 heteroatoms. The Morgan fingerprint density at radius 3 is 2.41 bits per heavy atom. The van der Waals surface area contributed by atoms with Gasteiger partial charge in [0.05, 0.1) is 13.2 Å². The van der Waals surface area contributed by atoms with Crippen molar-refractivity contribution in [1.29, 1.82) is 0 Å². The van der Waals surface area contributed by atoms with Gasteiger partial charge in [0.1, 0.15) is 11.6 Å². The number of aromatic nitrogens is 2. The molecule has 8 nitrogen and oxygen atoms in total. The Labute approximate surface area is 186 Å². The van der Waals surface area contributed by atoms with Crippen LogP contribution in [0.3, 0.4) is 0 Å². The number of urea groups is 1. The third kappa shape index (κ3) is 4.81. The number of amides is 2. The van der Waals surface area contributed by atoms with Crippen molar-refractivity contribution in [3.8, 4) is 11.4 Å². The number of nitrogens with one attached hydrogen (secondary N) is 2. The number of hydrogen-bond acceptors (Lipinski definition) is 5. The summed E-state index contributed by atoms with van der Waals surface area (Å²) < 4.78 is 6.92. The van der Waals surface area contributed by atoms with Gasteiger partial charge in [0, 0.05) is 43.1 Å². The summed E-state index contributed by atoms with van der Waals surface area (Å²) in [4.78, 5) is 31.7. The molecule has 2 aromatic carbocycles. The van der Waals surface area contributed by atoms with Crippen LogP contribution in [0.2, 0.25) is 0 Å². The molecule has 0 aliphatic carbocycles. The molecule has 0 radical (unpaired) electrons. The van der Waals surface area contributed by atoms with Crippen LogP contribution < -0.4 is 21.1 Å². The van der Waals surface area contributed by atoms with Crippen molar-refractivity contribution in [1.82, 2.24) is 9.55 Å². The van der Waals surface area contributed by atoms with Gasteiger partial charge in [-0.1, -0.05) is 17.7 Å². The fourth-order valence-corrected chi connectivity index (χ4v) is 3.68. The Hall–Kier alpha value is -3.65. The van der Waals surface area contributed by atoms with Crippen molar-refractivity contribution in [2.45, 2.75) is 13.8 Å². The molecule has 0 saturated carbocycles. The molecule has 166 valence electrons. The van der Waals surface area contributed by atoms with Gasteiger partial charge in [0.25, 0.3) is 5.56 Å². The van der Waals surface area contributed by atoms with Crippen LogP contribution in [0.5, 0.6) is 0 Å². The van der Waals surface area contributed by atoms with Gasteiger partial charge in [-0.2, -0.15) is 0 Å². The number of anilines is 3. The van der Waals surface area contributed by atoms with Gasteiger partial charge in [-0.15, -0.1) is 0 Å². The summed E-state index contributed by atoms with van der Waals surface area (Å²) in [6, 6.07) is 14.4. The maximum atomic E-state index is 12.5. The van der Waals surface area contributed by atoms with Crippen molar-refractivity contribution < 1.29 is 9.53 Å². The lowest BCUT2D eigenvalue weighted by Crippen LogP contribution is -2.38. The first kappa shape index (κ1) is 21.6. The first-order chi connectivity index (χ1) is 15.4. The molecule has 0 spiro atoms. The molecule has 2 amide bonds. The van der Waals surface area contributed by atoms with Crippen LogP contribution in [0.1, 0.15) is 11.1 Å². The van der Waals surface area contributed by atoms with Crippen molar-refractivity contribution in [2.24, 2.45) is 7.05 Å². The van der Waals surface area contributed by atoms with Gasteiger partial charge in [-0.3, -0.25) is 9.36 Å². The van der Waals surface area contributed by atoms with E-state index in [0.29, 0.717) is 43.6 Å². The molecule has 1 aromatic heterocycles. The lowest BCUT2D eigenvalue weighted by molar-refractivity contribution is 0.122. The number of rotatable bonds is 4. The summed E-state index contributed by atoms with van der Waals surface area (Å²) >= 11 is 0. The minimum Gasteiger partial charge on any atom is -0.378 e. The molecule has 1 fully saturated rings. The average Bonchev–Trinajstić information content (AvgIpc) is 2.79. The normalized spacial score (nSPS) is 13.7. The third-order valence-electron chi connectivity index (χ3n) is 5.49. The Morgan fingerprint density at radius 1 is 1.00 bits per heavy atom. The molecule has 32 heavy (non-hydrogen) atoms. The summed E-state index contributed by atoms with van der Waals surface area (Å²) in [6.45, 7) is 6.63. The number of benzene rings is 2. The maximum absolute atomic E-state index is 12.5. The molecule has 1 aliphatic heterocycles. The number of carbonyl (C=O) groups excluding carboxylic acids is 1. The highest BCUT2D eigenvalue weighted by atomic mass is 16.5. The van der Waals surface area contributed by atoms with Crippen molar-refractivity contribution in [3.63, 3.8) is 0 Å². The number of morpholine rings is 1. The number of aryl methyl sites for hydroxylation is 2. The number of ether oxygens (including phenoxy) is 1. The summed E-state index contributed by atoms with van der Waals surface area (Å²) in [5, 5.41) is 5.71. The number of nitrogens with zero attached hydrogens (tertiary/aromatic N) is 3. The highest BCUT2D eigenvalue weighted by Gasteiger charge is 2.16. The lowest BCUT2D eigenvalue weighted by Gasteiger charge is -2.28. The maximum Gasteiger partial charge on any atom is 0.323 e. The van der Waals surface area contributed by atoms with Crippen LogP contribution in [0, 0.1) is 13.8 Å². The smallest absolute Gasteiger partial charge is 0.323 e. The van der Waals surface area contributed by atoms with E-state index in [1.807, 2.05) is 44.2 Å². The van der Waals surface area contributed by atoms with E-state index in [0.717, 1.165) is 22.4 Å². The minimum atomic E-state index is -0.315. The monoisotopic (exact) mass is 433 g/mol. The van der Waals surface area contributed by atoms with E-state index in [2.05, 4.69) is 15.5 Å². The van der Waals surface area contributed by atoms with Crippen molar-refractivity contribution in [3.05, 3.63) is 70.0 Å². The molecular weight excluding hydrogens is 406 g/mol. The van der Waals surface area contributed by atoms with Gasteiger partial charge < -0.3 is 20.3 Å². The number of carbonyl (C=O) groups is 1. The standard InChI is InChI=1S/C24H27N5O3/c1-16-4-9-20(17(2)14-16)26-24(31)25-19-7-5-18(6-8-19)23-27-21(15-22(30)28(23)3)29-10-12-32-13-11-29/h4-9,14-15H,10-13H2,1-3H3,(H2,25,26,31). The predicted octanol–water partition coefficient (Wildman–Crippen LogP) is 3.54. The fraction of sp³-hybridized carbons (Fsp3) is 0.292. The van der Waals surface area contributed by atoms with Gasteiger partial charge in [-0.05, 0) is 49.7 Å². The van der Waals surface area contributed by atoms with Gasteiger partial charge in [0.15, 0.2) is 0 Å². The van der Waals surface area contributed by atoms with Crippen LogP contribution in [0.25, 0.3) is 11.4 Å². The zero-order chi connectivity index (χ0) is 22.7. The Morgan fingerprint density at radius 2 is 1.72 bits per heavy atom. The van der Waals surface area contributed by atoms with E-state index in [1.54, 1.807) is 25.2 Å². The zero-order valence-corrected chi connectivity index (χ0v) is 18.5. The molecule has 1 aliphatic rings. The highest BCUT2D eigenvalue weighted by Crippen LogP contribution is 2.22. The van der Waals surface area contributed by atoms with Crippen LogP contribution in [-0.4, -0.2) is 41.9 Å². The zero-order valence-electron chi connectivity index (χ0n) is 18.5. The van der Waals surface area contributed by atoms with Crippen LogP contribution in [0.15, 0.2) is 53.3 Å². The predicted molar refractivity (Wildman–Crippen MR) is 127 cm³/mol. The van der Waals surface area contributed by atoms with Crippen molar-refractivity contribution in [2.75, 3.05) is 41.8 Å². The van der Waals surface area contributed by atoms with E-state index in [9.17, 15) is 9.59 Å². The molecule has 0 unspecified atom stereocenters. The average molecular weight is 434 g/mol. The Balaban J connectivity index is 1.50.